The second kappa shape index (κ2) is 9.09. The van der Waals surface area contributed by atoms with Crippen LogP contribution >= 0.6 is 0 Å². The van der Waals surface area contributed by atoms with Crippen LogP contribution in [0.25, 0.3) is 0 Å². The number of hydrogen-bond acceptors (Lipinski definition) is 6. The van der Waals surface area contributed by atoms with Gasteiger partial charge in [0.05, 0.1) is 37.4 Å². The summed E-state index contributed by atoms with van der Waals surface area (Å²) < 4.78 is 36.8. The van der Waals surface area contributed by atoms with E-state index in [1.807, 2.05) is 0 Å². The predicted molar refractivity (Wildman–Crippen MR) is 86.2 cm³/mol. The van der Waals surface area contributed by atoms with Crippen molar-refractivity contribution in [2.24, 2.45) is 0 Å². The van der Waals surface area contributed by atoms with Crippen molar-refractivity contribution in [3.63, 3.8) is 0 Å². The van der Waals surface area contributed by atoms with E-state index in [9.17, 15) is 13.2 Å². The van der Waals surface area contributed by atoms with Crippen LogP contribution in [0.4, 0.5) is 0 Å². The molecule has 0 aromatic heterocycles. The van der Waals surface area contributed by atoms with E-state index in [4.69, 9.17) is 14.6 Å². The van der Waals surface area contributed by atoms with E-state index < -0.39 is 10.0 Å². The summed E-state index contributed by atoms with van der Waals surface area (Å²) in [5.74, 6) is -0.250. The lowest BCUT2D eigenvalue weighted by Gasteiger charge is -2.11. The Morgan fingerprint density at radius 2 is 2.04 bits per heavy atom. The van der Waals surface area contributed by atoms with Crippen molar-refractivity contribution in [2.45, 2.75) is 17.4 Å². The summed E-state index contributed by atoms with van der Waals surface area (Å²) in [6.07, 6.45) is 0.778. The molecule has 1 aromatic rings. The maximum atomic E-state index is 12.1. The molecule has 2 rings (SSSR count). The van der Waals surface area contributed by atoms with Gasteiger partial charge in [-0.3, -0.25) is 4.79 Å². The number of hydrogen-bond donors (Lipinski definition) is 3. The zero-order chi connectivity index (χ0) is 17.4. The molecule has 1 aromatic carbocycles. The molecule has 1 aliphatic heterocycles. The molecule has 0 bridgehead atoms. The molecule has 134 valence electrons. The Morgan fingerprint density at radius 3 is 2.67 bits per heavy atom. The van der Waals surface area contributed by atoms with E-state index in [0.29, 0.717) is 18.8 Å². The molecule has 0 aliphatic carbocycles. The van der Waals surface area contributed by atoms with E-state index >= 15 is 0 Å². The first-order valence-electron chi connectivity index (χ1n) is 7.70. The van der Waals surface area contributed by atoms with Crippen molar-refractivity contribution < 1.29 is 27.8 Å². The van der Waals surface area contributed by atoms with Crippen molar-refractivity contribution >= 4 is 15.9 Å². The van der Waals surface area contributed by atoms with Crippen molar-refractivity contribution in [1.29, 1.82) is 0 Å². The van der Waals surface area contributed by atoms with Crippen LogP contribution in [0.15, 0.2) is 29.2 Å². The second-order valence-corrected chi connectivity index (χ2v) is 7.06. The number of benzene rings is 1. The number of carbonyl (C=O) groups is 1. The van der Waals surface area contributed by atoms with Crippen LogP contribution in [0.3, 0.4) is 0 Å². The SMILES string of the molecule is O=C(NC1CCOC1)c1ccc(S(=O)(=O)NCCOCCO)cc1. The summed E-state index contributed by atoms with van der Waals surface area (Å²) in [6, 6.07) is 5.72. The highest BCUT2D eigenvalue weighted by molar-refractivity contribution is 7.89. The molecular formula is C15H22N2O6S. The van der Waals surface area contributed by atoms with E-state index in [-0.39, 0.29) is 43.2 Å². The monoisotopic (exact) mass is 358 g/mol. The fourth-order valence-electron chi connectivity index (χ4n) is 2.20. The normalized spacial score (nSPS) is 17.8. The summed E-state index contributed by atoms with van der Waals surface area (Å²) in [6.45, 7) is 1.47. The first-order valence-corrected chi connectivity index (χ1v) is 9.18. The number of aliphatic hydroxyl groups is 1. The fraction of sp³-hybridized carbons (Fsp3) is 0.533. The molecule has 0 radical (unpaired) electrons. The number of sulfonamides is 1. The number of amides is 1. The summed E-state index contributed by atoms with van der Waals surface area (Å²) >= 11 is 0. The summed E-state index contributed by atoms with van der Waals surface area (Å²) in [5, 5.41) is 11.4. The van der Waals surface area contributed by atoms with Crippen LogP contribution in [0.1, 0.15) is 16.8 Å². The van der Waals surface area contributed by atoms with E-state index in [1.165, 1.54) is 24.3 Å². The Labute approximate surface area is 141 Å². The average molecular weight is 358 g/mol. The van der Waals surface area contributed by atoms with Gasteiger partial charge in [0.2, 0.25) is 10.0 Å². The zero-order valence-electron chi connectivity index (χ0n) is 13.2. The maximum absolute atomic E-state index is 12.1. The van der Waals surface area contributed by atoms with Gasteiger partial charge in [0.1, 0.15) is 0 Å². The van der Waals surface area contributed by atoms with Crippen LogP contribution < -0.4 is 10.0 Å². The number of ether oxygens (including phenoxy) is 2. The number of rotatable bonds is 9. The van der Waals surface area contributed by atoms with Gasteiger partial charge in [0.15, 0.2) is 0 Å². The minimum atomic E-state index is -3.66. The fourth-order valence-corrected chi connectivity index (χ4v) is 3.21. The van der Waals surface area contributed by atoms with Crippen molar-refractivity contribution in [2.75, 3.05) is 39.6 Å². The first kappa shape index (κ1) is 18.8. The minimum Gasteiger partial charge on any atom is -0.394 e. The van der Waals surface area contributed by atoms with Gasteiger partial charge < -0.3 is 19.9 Å². The Bertz CT molecular complexity index is 626. The standard InChI is InChI=1S/C15H22N2O6S/c18-7-10-22-9-6-16-24(20,21)14-3-1-12(2-4-14)15(19)17-13-5-8-23-11-13/h1-4,13,16,18H,5-11H2,(H,17,19). The molecule has 1 atom stereocenters. The van der Waals surface area contributed by atoms with Crippen LogP contribution in [0, 0.1) is 0 Å². The van der Waals surface area contributed by atoms with Crippen LogP contribution in [-0.2, 0) is 19.5 Å². The van der Waals surface area contributed by atoms with Crippen molar-refractivity contribution in [3.8, 4) is 0 Å². The van der Waals surface area contributed by atoms with Crippen LogP contribution in [-0.4, -0.2) is 65.1 Å². The quantitative estimate of drug-likeness (QED) is 0.513. The third-order valence-corrected chi connectivity index (χ3v) is 4.94. The largest absolute Gasteiger partial charge is 0.394 e. The van der Waals surface area contributed by atoms with Crippen LogP contribution in [0.5, 0.6) is 0 Å². The maximum Gasteiger partial charge on any atom is 0.251 e. The molecule has 1 fully saturated rings. The lowest BCUT2D eigenvalue weighted by atomic mass is 10.2. The number of nitrogens with one attached hydrogen (secondary N) is 2. The Balaban J connectivity index is 1.88. The highest BCUT2D eigenvalue weighted by Crippen LogP contribution is 2.11. The zero-order valence-corrected chi connectivity index (χ0v) is 14.0. The highest BCUT2D eigenvalue weighted by atomic mass is 32.2. The number of aliphatic hydroxyl groups excluding tert-OH is 1. The van der Waals surface area contributed by atoms with Crippen molar-refractivity contribution in [3.05, 3.63) is 29.8 Å². The Morgan fingerprint density at radius 1 is 1.29 bits per heavy atom. The molecule has 9 heteroatoms. The lowest BCUT2D eigenvalue weighted by Crippen LogP contribution is -2.35. The average Bonchev–Trinajstić information content (AvgIpc) is 3.07. The lowest BCUT2D eigenvalue weighted by molar-refractivity contribution is 0.0930. The van der Waals surface area contributed by atoms with Gasteiger partial charge in [0.25, 0.3) is 5.91 Å². The predicted octanol–water partition coefficient (Wildman–Crippen LogP) is -0.507. The molecular weight excluding hydrogens is 336 g/mol. The first-order chi connectivity index (χ1) is 11.5. The van der Waals surface area contributed by atoms with E-state index in [2.05, 4.69) is 10.0 Å². The van der Waals surface area contributed by atoms with Gasteiger partial charge in [0, 0.05) is 18.7 Å². The molecule has 8 nitrogen and oxygen atoms in total. The van der Waals surface area contributed by atoms with E-state index in [0.717, 1.165) is 6.42 Å². The molecule has 1 amide bonds. The van der Waals surface area contributed by atoms with Gasteiger partial charge in [-0.05, 0) is 30.7 Å². The van der Waals surface area contributed by atoms with Gasteiger partial charge >= 0.3 is 0 Å². The van der Waals surface area contributed by atoms with Gasteiger partial charge in [-0.1, -0.05) is 0 Å². The van der Waals surface area contributed by atoms with Crippen molar-refractivity contribution in [1.82, 2.24) is 10.0 Å². The molecule has 1 unspecified atom stereocenters. The minimum absolute atomic E-state index is 0.00139. The van der Waals surface area contributed by atoms with Gasteiger partial charge in [-0.15, -0.1) is 0 Å². The van der Waals surface area contributed by atoms with Gasteiger partial charge in [-0.25, -0.2) is 13.1 Å². The van der Waals surface area contributed by atoms with E-state index in [1.54, 1.807) is 0 Å². The summed E-state index contributed by atoms with van der Waals surface area (Å²) in [7, 11) is -3.66. The summed E-state index contributed by atoms with van der Waals surface area (Å²) in [5.41, 5.74) is 0.395. The molecule has 1 saturated heterocycles. The molecule has 3 N–H and O–H groups in total. The molecule has 1 heterocycles. The Kier molecular flexibility index (Phi) is 7.13. The highest BCUT2D eigenvalue weighted by Gasteiger charge is 2.19. The molecule has 0 spiro atoms. The van der Waals surface area contributed by atoms with Gasteiger partial charge in [-0.2, -0.15) is 0 Å². The molecule has 24 heavy (non-hydrogen) atoms. The summed E-state index contributed by atoms with van der Waals surface area (Å²) in [4.78, 5) is 12.1. The molecule has 0 saturated carbocycles. The Hall–Kier alpha value is -1.52. The smallest absolute Gasteiger partial charge is 0.251 e. The molecule has 1 aliphatic rings. The third-order valence-electron chi connectivity index (χ3n) is 3.47. The topological polar surface area (TPSA) is 114 Å². The third kappa shape index (κ3) is 5.53. The number of carbonyl (C=O) groups excluding carboxylic acids is 1. The van der Waals surface area contributed by atoms with Crippen LogP contribution in [0.2, 0.25) is 0 Å². The second-order valence-electron chi connectivity index (χ2n) is 5.29.